The fraction of sp³-hybridized carbons (Fsp3) is 0.560. The topological polar surface area (TPSA) is 79.9 Å². The first-order chi connectivity index (χ1) is 15.9. The Kier molecular flexibility index (Phi) is 11.3. The summed E-state index contributed by atoms with van der Waals surface area (Å²) in [6, 6.07) is 7.04. The van der Waals surface area contributed by atoms with Crippen LogP contribution in [0, 0.1) is 0 Å². The number of amides is 1. The predicted molar refractivity (Wildman–Crippen MR) is 135 cm³/mol. The second kappa shape index (κ2) is 14.0. The highest BCUT2D eigenvalue weighted by atomic mass is 32.1. The normalized spacial score (nSPS) is 15.9. The van der Waals surface area contributed by atoms with Crippen LogP contribution in [-0.2, 0) is 19.1 Å². The van der Waals surface area contributed by atoms with Crippen molar-refractivity contribution in [1.82, 2.24) is 10.2 Å². The average molecular weight is 476 g/mol. The van der Waals surface area contributed by atoms with E-state index < -0.39 is 12.0 Å². The van der Waals surface area contributed by atoms with E-state index in [0.717, 1.165) is 29.8 Å². The van der Waals surface area contributed by atoms with Crippen LogP contribution in [0.1, 0.15) is 70.4 Å². The SMILES string of the molecule is CCCCCCCCC(=O)Nc1ccc(C2NC(=S)N(C)C(C)=C2C(=O)OCCOC)cc1. The largest absolute Gasteiger partial charge is 0.460 e. The van der Waals surface area contributed by atoms with Crippen molar-refractivity contribution >= 4 is 34.9 Å². The summed E-state index contributed by atoms with van der Waals surface area (Å²) in [6.07, 6.45) is 7.43. The third-order valence-corrected chi connectivity index (χ3v) is 6.17. The number of rotatable bonds is 13. The van der Waals surface area contributed by atoms with Gasteiger partial charge in [0.15, 0.2) is 5.11 Å². The molecule has 1 unspecified atom stereocenters. The fourth-order valence-corrected chi connectivity index (χ4v) is 3.95. The van der Waals surface area contributed by atoms with E-state index in [1.165, 1.54) is 25.7 Å². The molecule has 8 heteroatoms. The van der Waals surface area contributed by atoms with E-state index in [9.17, 15) is 9.59 Å². The quantitative estimate of drug-likeness (QED) is 0.243. The van der Waals surface area contributed by atoms with Gasteiger partial charge in [-0.2, -0.15) is 0 Å². The number of esters is 1. The molecule has 0 radical (unpaired) electrons. The standard InChI is InChI=1S/C25H37N3O4S/c1-5-6-7-8-9-10-11-21(29)26-20-14-12-19(13-15-20)23-22(24(30)32-17-16-31-4)18(2)28(3)25(33)27-23/h12-15,23H,5-11,16-17H2,1-4H3,(H,26,29)(H,27,33). The van der Waals surface area contributed by atoms with Crippen molar-refractivity contribution in [3.8, 4) is 0 Å². The molecule has 0 saturated heterocycles. The highest BCUT2D eigenvalue weighted by Gasteiger charge is 2.33. The van der Waals surface area contributed by atoms with Gasteiger partial charge in [-0.15, -0.1) is 0 Å². The van der Waals surface area contributed by atoms with Gasteiger partial charge in [0.05, 0.1) is 18.2 Å². The van der Waals surface area contributed by atoms with Crippen LogP contribution in [0.3, 0.4) is 0 Å². The van der Waals surface area contributed by atoms with Crippen molar-refractivity contribution in [2.24, 2.45) is 0 Å². The minimum atomic E-state index is -0.434. The molecule has 1 amide bonds. The summed E-state index contributed by atoms with van der Waals surface area (Å²) in [5.41, 5.74) is 2.83. The van der Waals surface area contributed by atoms with Crippen molar-refractivity contribution < 1.29 is 19.1 Å². The third kappa shape index (κ3) is 8.12. The average Bonchev–Trinajstić information content (AvgIpc) is 2.80. The number of allylic oxidation sites excluding steroid dienone is 1. The minimum Gasteiger partial charge on any atom is -0.460 e. The number of thiocarbonyl (C=S) groups is 1. The van der Waals surface area contributed by atoms with E-state index >= 15 is 0 Å². The molecule has 1 aromatic rings. The molecule has 1 heterocycles. The van der Waals surface area contributed by atoms with E-state index in [2.05, 4.69) is 17.6 Å². The molecule has 1 atom stereocenters. The zero-order chi connectivity index (χ0) is 24.2. The Balaban J connectivity index is 2.02. The van der Waals surface area contributed by atoms with Gasteiger partial charge in [-0.05, 0) is 43.3 Å². The minimum absolute atomic E-state index is 0.0231. The van der Waals surface area contributed by atoms with Crippen LogP contribution in [0.5, 0.6) is 0 Å². The lowest BCUT2D eigenvalue weighted by Gasteiger charge is -2.35. The first kappa shape index (κ1) is 26.8. The molecule has 33 heavy (non-hydrogen) atoms. The van der Waals surface area contributed by atoms with Crippen LogP contribution in [0.15, 0.2) is 35.5 Å². The molecule has 0 aliphatic carbocycles. The number of methoxy groups -OCH3 is 1. The summed E-state index contributed by atoms with van der Waals surface area (Å²) in [5.74, 6) is -0.386. The maximum Gasteiger partial charge on any atom is 0.338 e. The zero-order valence-electron chi connectivity index (χ0n) is 20.2. The Hall–Kier alpha value is -2.45. The summed E-state index contributed by atoms with van der Waals surface area (Å²) in [7, 11) is 3.37. The molecule has 1 aromatic carbocycles. The number of carbonyl (C=O) groups is 2. The second-order valence-electron chi connectivity index (χ2n) is 8.26. The lowest BCUT2D eigenvalue weighted by molar-refractivity contribution is -0.140. The first-order valence-electron chi connectivity index (χ1n) is 11.7. The van der Waals surface area contributed by atoms with Gasteiger partial charge in [-0.1, -0.05) is 51.2 Å². The summed E-state index contributed by atoms with van der Waals surface area (Å²) >= 11 is 5.44. The maximum absolute atomic E-state index is 12.8. The molecule has 1 aliphatic rings. The van der Waals surface area contributed by atoms with E-state index in [1.54, 1.807) is 12.0 Å². The lowest BCUT2D eigenvalue weighted by atomic mass is 9.95. The molecular weight excluding hydrogens is 438 g/mol. The molecule has 0 aromatic heterocycles. The Morgan fingerprint density at radius 2 is 1.76 bits per heavy atom. The number of anilines is 1. The van der Waals surface area contributed by atoms with Crippen LogP contribution in [0.4, 0.5) is 5.69 Å². The maximum atomic E-state index is 12.8. The van der Waals surface area contributed by atoms with Gasteiger partial charge in [0.1, 0.15) is 6.61 Å². The molecule has 2 rings (SSSR count). The van der Waals surface area contributed by atoms with Crippen molar-refractivity contribution in [2.75, 3.05) is 32.7 Å². The van der Waals surface area contributed by atoms with Crippen LogP contribution in [-0.4, -0.2) is 49.3 Å². The molecule has 182 valence electrons. The summed E-state index contributed by atoms with van der Waals surface area (Å²) in [4.78, 5) is 26.8. The van der Waals surface area contributed by atoms with Crippen molar-refractivity contribution in [3.63, 3.8) is 0 Å². The number of hydrogen-bond donors (Lipinski definition) is 2. The van der Waals surface area contributed by atoms with Gasteiger partial charge in [-0.25, -0.2) is 4.79 Å². The molecule has 0 saturated carbocycles. The summed E-state index contributed by atoms with van der Waals surface area (Å²) in [5, 5.41) is 6.71. The highest BCUT2D eigenvalue weighted by molar-refractivity contribution is 7.80. The van der Waals surface area contributed by atoms with E-state index in [-0.39, 0.29) is 12.5 Å². The molecular formula is C25H37N3O4S. The number of hydrogen-bond acceptors (Lipinski definition) is 5. The van der Waals surface area contributed by atoms with Crippen LogP contribution in [0.2, 0.25) is 0 Å². The molecule has 0 fully saturated rings. The van der Waals surface area contributed by atoms with Crippen molar-refractivity contribution in [3.05, 3.63) is 41.1 Å². The monoisotopic (exact) mass is 475 g/mol. The zero-order valence-corrected chi connectivity index (χ0v) is 21.1. The Labute approximate surface area is 202 Å². The molecule has 0 bridgehead atoms. The van der Waals surface area contributed by atoms with Crippen LogP contribution >= 0.6 is 12.2 Å². The van der Waals surface area contributed by atoms with Crippen molar-refractivity contribution in [2.45, 2.75) is 64.8 Å². The van der Waals surface area contributed by atoms with Gasteiger partial charge in [0.2, 0.25) is 5.91 Å². The van der Waals surface area contributed by atoms with E-state index in [0.29, 0.717) is 23.7 Å². The first-order valence-corrected chi connectivity index (χ1v) is 12.1. The van der Waals surface area contributed by atoms with Gasteiger partial charge in [-0.3, -0.25) is 4.79 Å². The number of ether oxygens (including phenoxy) is 2. The number of nitrogens with zero attached hydrogens (tertiary/aromatic N) is 1. The highest BCUT2D eigenvalue weighted by Crippen LogP contribution is 2.31. The van der Waals surface area contributed by atoms with Crippen LogP contribution < -0.4 is 10.6 Å². The van der Waals surface area contributed by atoms with E-state index in [4.69, 9.17) is 21.7 Å². The smallest absolute Gasteiger partial charge is 0.338 e. The number of nitrogens with one attached hydrogen (secondary N) is 2. The molecule has 1 aliphatic heterocycles. The number of carbonyl (C=O) groups excluding carboxylic acids is 2. The Morgan fingerprint density at radius 3 is 2.42 bits per heavy atom. The van der Waals surface area contributed by atoms with E-state index in [1.807, 2.05) is 38.2 Å². The van der Waals surface area contributed by atoms with Gasteiger partial charge >= 0.3 is 5.97 Å². The van der Waals surface area contributed by atoms with Crippen LogP contribution in [0.25, 0.3) is 0 Å². The summed E-state index contributed by atoms with van der Waals surface area (Å²) in [6.45, 7) is 4.56. The molecule has 0 spiro atoms. The Morgan fingerprint density at radius 1 is 1.09 bits per heavy atom. The number of benzene rings is 1. The predicted octanol–water partition coefficient (Wildman–Crippen LogP) is 4.70. The van der Waals surface area contributed by atoms with Gasteiger partial charge in [0.25, 0.3) is 0 Å². The molecule has 2 N–H and O–H groups in total. The fourth-order valence-electron chi connectivity index (χ4n) is 3.69. The van der Waals surface area contributed by atoms with Gasteiger partial charge < -0.3 is 25.0 Å². The second-order valence-corrected chi connectivity index (χ2v) is 8.64. The molecule has 7 nitrogen and oxygen atoms in total. The number of unbranched alkanes of at least 4 members (excludes halogenated alkanes) is 5. The summed E-state index contributed by atoms with van der Waals surface area (Å²) < 4.78 is 10.4. The lowest BCUT2D eigenvalue weighted by Crippen LogP contribution is -2.46. The third-order valence-electron chi connectivity index (χ3n) is 5.78. The van der Waals surface area contributed by atoms with Crippen molar-refractivity contribution in [1.29, 1.82) is 0 Å². The Bertz CT molecular complexity index is 839. The van der Waals surface area contributed by atoms with Gasteiger partial charge in [0, 0.05) is 32.0 Å².